The van der Waals surface area contributed by atoms with E-state index in [9.17, 15) is 9.59 Å². The van der Waals surface area contributed by atoms with E-state index in [2.05, 4.69) is 5.10 Å². The molecule has 3 heterocycles. The third-order valence-corrected chi connectivity index (χ3v) is 4.75. The minimum absolute atomic E-state index is 0.0518. The van der Waals surface area contributed by atoms with E-state index in [4.69, 9.17) is 4.74 Å². The predicted octanol–water partition coefficient (Wildman–Crippen LogP) is 1.04. The van der Waals surface area contributed by atoms with Crippen LogP contribution < -0.4 is 4.90 Å². The van der Waals surface area contributed by atoms with E-state index in [1.54, 1.807) is 23.1 Å². The zero-order valence-corrected chi connectivity index (χ0v) is 13.8. The van der Waals surface area contributed by atoms with Crippen molar-refractivity contribution in [1.29, 1.82) is 0 Å². The molecule has 0 bridgehead atoms. The molecule has 7 nitrogen and oxygen atoms in total. The number of amides is 2. The number of hydrogen-bond donors (Lipinski definition) is 0. The lowest BCUT2D eigenvalue weighted by atomic mass is 10.1. The Balaban J connectivity index is 1.75. The Morgan fingerprint density at radius 3 is 2.96 bits per heavy atom. The van der Waals surface area contributed by atoms with Crippen LogP contribution in [-0.2, 0) is 20.9 Å². The molecule has 2 unspecified atom stereocenters. The number of fused-ring (bicyclic) bond motifs is 1. The zero-order valence-electron chi connectivity index (χ0n) is 13.8. The van der Waals surface area contributed by atoms with Crippen LogP contribution in [0.3, 0.4) is 0 Å². The Bertz CT molecular complexity index is 586. The molecule has 2 aliphatic rings. The highest BCUT2D eigenvalue weighted by atomic mass is 16.5. The van der Waals surface area contributed by atoms with Gasteiger partial charge in [0, 0.05) is 32.3 Å². The number of methoxy groups -OCH3 is 1. The quantitative estimate of drug-likeness (QED) is 0.834. The van der Waals surface area contributed by atoms with Gasteiger partial charge in [0.05, 0.1) is 6.20 Å². The molecular weight excluding hydrogens is 296 g/mol. The smallest absolute Gasteiger partial charge is 0.252 e. The topological polar surface area (TPSA) is 67.7 Å². The zero-order chi connectivity index (χ0) is 16.4. The summed E-state index contributed by atoms with van der Waals surface area (Å²) < 4.78 is 7.12. The number of nitrogens with zero attached hydrogens (tertiary/aromatic N) is 4. The molecule has 2 atom stereocenters. The van der Waals surface area contributed by atoms with Gasteiger partial charge >= 0.3 is 0 Å². The molecule has 2 aliphatic heterocycles. The summed E-state index contributed by atoms with van der Waals surface area (Å²) in [5.74, 6) is 0.694. The Labute approximate surface area is 136 Å². The summed E-state index contributed by atoms with van der Waals surface area (Å²) in [5, 5.41) is 4.25. The molecule has 3 rings (SSSR count). The van der Waals surface area contributed by atoms with Gasteiger partial charge in [0.15, 0.2) is 0 Å². The molecule has 0 aliphatic carbocycles. The highest BCUT2D eigenvalue weighted by Gasteiger charge is 2.33. The summed E-state index contributed by atoms with van der Waals surface area (Å²) >= 11 is 0. The highest BCUT2D eigenvalue weighted by molar-refractivity contribution is 5.97. The van der Waals surface area contributed by atoms with Gasteiger partial charge in [0.2, 0.25) is 5.91 Å². The normalized spacial score (nSPS) is 25.2. The Morgan fingerprint density at radius 1 is 1.35 bits per heavy atom. The molecular formula is C16H24N4O3. The molecule has 1 aromatic heterocycles. The first-order chi connectivity index (χ1) is 11.1. The average Bonchev–Trinajstić information content (AvgIpc) is 2.94. The number of likely N-dealkylation sites (tertiary alicyclic amines) is 1. The van der Waals surface area contributed by atoms with Crippen molar-refractivity contribution in [2.75, 3.05) is 25.1 Å². The number of ether oxygens (including phenoxy) is 1. The fraction of sp³-hybridized carbons (Fsp3) is 0.688. The maximum absolute atomic E-state index is 12.8. The first kappa shape index (κ1) is 16.0. The third kappa shape index (κ3) is 3.10. The van der Waals surface area contributed by atoms with Crippen LogP contribution in [-0.4, -0.2) is 58.8 Å². The van der Waals surface area contributed by atoms with E-state index in [0.717, 1.165) is 38.0 Å². The third-order valence-electron chi connectivity index (χ3n) is 4.75. The van der Waals surface area contributed by atoms with Gasteiger partial charge in [-0.1, -0.05) is 0 Å². The van der Waals surface area contributed by atoms with Crippen molar-refractivity contribution < 1.29 is 14.3 Å². The van der Waals surface area contributed by atoms with Gasteiger partial charge in [-0.15, -0.1) is 0 Å². The molecule has 0 aromatic carbocycles. The number of aryl methyl sites for hydroxylation is 1. The van der Waals surface area contributed by atoms with Gasteiger partial charge in [-0.2, -0.15) is 5.10 Å². The lowest BCUT2D eigenvalue weighted by molar-refractivity contribution is -0.143. The van der Waals surface area contributed by atoms with Crippen LogP contribution in [0.5, 0.6) is 0 Å². The number of anilines is 1. The second-order valence-electron chi connectivity index (χ2n) is 6.29. The van der Waals surface area contributed by atoms with Gasteiger partial charge in [0.1, 0.15) is 18.5 Å². The van der Waals surface area contributed by atoms with Gasteiger partial charge in [-0.05, 0) is 32.6 Å². The Hall–Kier alpha value is -1.89. The average molecular weight is 320 g/mol. The fourth-order valence-corrected chi connectivity index (χ4v) is 3.43. The minimum Gasteiger partial charge on any atom is -0.372 e. The monoisotopic (exact) mass is 320 g/mol. The largest absolute Gasteiger partial charge is 0.372 e. The molecule has 0 N–H and O–H groups in total. The first-order valence-electron chi connectivity index (χ1n) is 8.27. The van der Waals surface area contributed by atoms with Crippen molar-refractivity contribution >= 4 is 17.6 Å². The summed E-state index contributed by atoms with van der Waals surface area (Å²) in [6.07, 6.45) is 4.75. The Morgan fingerprint density at radius 2 is 2.17 bits per heavy atom. The van der Waals surface area contributed by atoms with Gasteiger partial charge in [-0.3, -0.25) is 14.5 Å². The number of carbonyl (C=O) groups excluding carboxylic acids is 2. The van der Waals surface area contributed by atoms with Crippen LogP contribution in [0.2, 0.25) is 0 Å². The number of hydrogen-bond acceptors (Lipinski definition) is 4. The summed E-state index contributed by atoms with van der Waals surface area (Å²) in [6, 6.07) is 1.97. The van der Waals surface area contributed by atoms with Gasteiger partial charge < -0.3 is 9.64 Å². The van der Waals surface area contributed by atoms with E-state index >= 15 is 0 Å². The van der Waals surface area contributed by atoms with Crippen LogP contribution in [0.25, 0.3) is 0 Å². The van der Waals surface area contributed by atoms with Crippen LogP contribution in [0.4, 0.5) is 5.82 Å². The number of aromatic nitrogens is 2. The van der Waals surface area contributed by atoms with Crippen molar-refractivity contribution in [2.45, 2.75) is 51.3 Å². The molecule has 7 heteroatoms. The van der Waals surface area contributed by atoms with E-state index in [-0.39, 0.29) is 24.4 Å². The molecule has 126 valence electrons. The van der Waals surface area contributed by atoms with Gasteiger partial charge in [0.25, 0.3) is 5.91 Å². The van der Waals surface area contributed by atoms with Crippen molar-refractivity contribution in [3.05, 3.63) is 12.3 Å². The van der Waals surface area contributed by atoms with E-state index in [0.29, 0.717) is 6.54 Å². The lowest BCUT2D eigenvalue weighted by Gasteiger charge is -2.35. The molecule has 1 fully saturated rings. The molecule has 1 aromatic rings. The molecule has 2 amide bonds. The molecule has 0 spiro atoms. The predicted molar refractivity (Wildman–Crippen MR) is 85.0 cm³/mol. The SMILES string of the molecule is COC1CCCCN(CC(=O)N2c3ccnn3CCC2C)C1=O. The van der Waals surface area contributed by atoms with Crippen molar-refractivity contribution in [1.82, 2.24) is 14.7 Å². The fourth-order valence-electron chi connectivity index (χ4n) is 3.43. The summed E-state index contributed by atoms with van der Waals surface area (Å²) in [4.78, 5) is 28.7. The number of carbonyl (C=O) groups is 2. The molecule has 23 heavy (non-hydrogen) atoms. The van der Waals surface area contributed by atoms with Crippen LogP contribution >= 0.6 is 0 Å². The van der Waals surface area contributed by atoms with Crippen molar-refractivity contribution in [3.8, 4) is 0 Å². The molecule has 0 saturated carbocycles. The Kier molecular flexibility index (Phi) is 4.66. The van der Waals surface area contributed by atoms with Gasteiger partial charge in [-0.25, -0.2) is 4.68 Å². The summed E-state index contributed by atoms with van der Waals surface area (Å²) in [7, 11) is 1.55. The maximum Gasteiger partial charge on any atom is 0.252 e. The summed E-state index contributed by atoms with van der Waals surface area (Å²) in [5.41, 5.74) is 0. The van der Waals surface area contributed by atoms with Crippen LogP contribution in [0.15, 0.2) is 12.3 Å². The molecule has 1 saturated heterocycles. The van der Waals surface area contributed by atoms with Crippen LogP contribution in [0.1, 0.15) is 32.6 Å². The van der Waals surface area contributed by atoms with E-state index in [1.807, 2.05) is 17.7 Å². The lowest BCUT2D eigenvalue weighted by Crippen LogP contribution is -2.50. The van der Waals surface area contributed by atoms with Crippen molar-refractivity contribution in [2.24, 2.45) is 0 Å². The standard InChI is InChI=1S/C16H24N4O3/c1-12-7-10-19-14(6-8-17-19)20(12)15(21)11-18-9-4-3-5-13(23-2)16(18)22/h6,8,12-13H,3-5,7,9-11H2,1-2H3. The second kappa shape index (κ2) is 6.70. The van der Waals surface area contributed by atoms with Crippen LogP contribution in [0, 0.1) is 0 Å². The minimum atomic E-state index is -0.422. The molecule has 0 radical (unpaired) electrons. The highest BCUT2D eigenvalue weighted by Crippen LogP contribution is 2.25. The van der Waals surface area contributed by atoms with E-state index < -0.39 is 6.10 Å². The summed E-state index contributed by atoms with van der Waals surface area (Å²) in [6.45, 7) is 3.58. The van der Waals surface area contributed by atoms with E-state index in [1.165, 1.54) is 0 Å². The first-order valence-corrected chi connectivity index (χ1v) is 8.27. The maximum atomic E-state index is 12.8. The second-order valence-corrected chi connectivity index (χ2v) is 6.29. The number of rotatable bonds is 3. The van der Waals surface area contributed by atoms with Crippen molar-refractivity contribution in [3.63, 3.8) is 0 Å².